The maximum Gasteiger partial charge on any atom is 0.305 e. The highest BCUT2D eigenvalue weighted by atomic mass is 16.5. The van der Waals surface area contributed by atoms with Gasteiger partial charge in [0.15, 0.2) is 0 Å². The Balaban J connectivity index is 3.28. The van der Waals surface area contributed by atoms with Crippen molar-refractivity contribution in [3.05, 3.63) is 12.2 Å². The number of hydrogen-bond acceptors (Lipinski definition) is 5. The second-order valence-corrected chi connectivity index (χ2v) is 23.5. The number of amides is 1. The van der Waals surface area contributed by atoms with E-state index in [-0.39, 0.29) is 18.5 Å². The lowest BCUT2D eigenvalue weighted by atomic mass is 10.0. The molecule has 0 aromatic rings. The summed E-state index contributed by atoms with van der Waals surface area (Å²) < 4.78 is 5.47. The fraction of sp³-hybridized carbons (Fsp3) is 0.941. The molecule has 0 bridgehead atoms. The predicted octanol–water partition coefficient (Wildman–Crippen LogP) is 21.6. The van der Waals surface area contributed by atoms with E-state index in [9.17, 15) is 19.8 Å². The van der Waals surface area contributed by atoms with Crippen molar-refractivity contribution in [1.29, 1.82) is 0 Å². The molecule has 3 N–H and O–H groups in total. The number of ether oxygens (including phenoxy) is 1. The van der Waals surface area contributed by atoms with Crippen LogP contribution in [0.15, 0.2) is 12.2 Å². The third-order valence-electron chi connectivity index (χ3n) is 16.1. The molecule has 0 radical (unpaired) electrons. The zero-order valence-electron chi connectivity index (χ0n) is 50.4. The SMILES string of the molecule is CCCC/C=C\CCCCCCCC(=O)OCCCCCCCCCCCCCCCCCCCCCCCCCCCCCCCCCCCCCC(=O)NC(CO)C(O)CCCCCCCCCCCCC. The van der Waals surface area contributed by atoms with Gasteiger partial charge in [0, 0.05) is 12.8 Å². The van der Waals surface area contributed by atoms with E-state index in [1.165, 1.54) is 308 Å². The Morgan fingerprint density at radius 1 is 0.365 bits per heavy atom. The molecule has 2 unspecified atom stereocenters. The molecule has 0 aromatic carbocycles. The monoisotopic (exact) mass is 1040 g/mol. The lowest BCUT2D eigenvalue weighted by Gasteiger charge is -2.22. The third kappa shape index (κ3) is 59.8. The summed E-state index contributed by atoms with van der Waals surface area (Å²) in [6.45, 7) is 4.93. The lowest BCUT2D eigenvalue weighted by molar-refractivity contribution is -0.143. The van der Waals surface area contributed by atoms with Crippen LogP contribution in [0.2, 0.25) is 0 Å². The number of nitrogens with one attached hydrogen (secondary N) is 1. The van der Waals surface area contributed by atoms with E-state index in [0.717, 1.165) is 44.9 Å². The van der Waals surface area contributed by atoms with Gasteiger partial charge in [0.1, 0.15) is 0 Å². The van der Waals surface area contributed by atoms with Crippen molar-refractivity contribution >= 4 is 11.9 Å². The van der Waals surface area contributed by atoms with E-state index in [2.05, 4.69) is 31.3 Å². The summed E-state index contributed by atoms with van der Waals surface area (Å²) in [5, 5.41) is 23.2. The minimum atomic E-state index is -0.658. The van der Waals surface area contributed by atoms with E-state index in [4.69, 9.17) is 4.74 Å². The minimum Gasteiger partial charge on any atom is -0.466 e. The van der Waals surface area contributed by atoms with Crippen molar-refractivity contribution < 1.29 is 24.5 Å². The predicted molar refractivity (Wildman–Crippen MR) is 324 cm³/mol. The third-order valence-corrected chi connectivity index (χ3v) is 16.1. The summed E-state index contributed by atoms with van der Waals surface area (Å²) in [7, 11) is 0. The van der Waals surface area contributed by atoms with Gasteiger partial charge in [0.05, 0.1) is 25.4 Å². The number of unbranched alkanes of at least 4 members (excludes halogenated alkanes) is 51. The minimum absolute atomic E-state index is 0.0119. The van der Waals surface area contributed by atoms with Crippen molar-refractivity contribution in [2.75, 3.05) is 13.2 Å². The standard InChI is InChI=1S/C68H133NO5/c1-3-5-7-9-11-13-40-44-48-52-56-60-66(71)65(64-70)69-67(72)61-57-53-49-45-42-38-36-34-32-30-28-26-24-22-20-18-16-15-17-19-21-23-25-27-29-31-33-35-37-39-43-47-51-55-59-63-74-68(73)62-58-54-50-46-41-14-12-10-8-6-4-2/h10,12,65-66,70-71H,3-9,11,13-64H2,1-2H3,(H,69,72)/b12-10-. The second-order valence-electron chi connectivity index (χ2n) is 23.5. The number of hydrogen-bond donors (Lipinski definition) is 3. The second kappa shape index (κ2) is 64.1. The molecule has 0 aliphatic heterocycles. The Bertz CT molecular complexity index is 1110. The summed E-state index contributed by atoms with van der Waals surface area (Å²) in [6, 6.07) is -0.535. The van der Waals surface area contributed by atoms with Gasteiger partial charge in [-0.05, 0) is 44.9 Å². The molecule has 74 heavy (non-hydrogen) atoms. The largest absolute Gasteiger partial charge is 0.466 e. The summed E-state index contributed by atoms with van der Waals surface area (Å²) >= 11 is 0. The number of esters is 1. The molecular weight excluding hydrogens is 911 g/mol. The number of rotatable bonds is 64. The normalized spacial score (nSPS) is 12.5. The molecule has 0 rings (SSSR count). The zero-order chi connectivity index (χ0) is 53.6. The average molecular weight is 1040 g/mol. The average Bonchev–Trinajstić information content (AvgIpc) is 3.40. The number of carbonyl (C=O) groups is 2. The first kappa shape index (κ1) is 72.6. The van der Waals surface area contributed by atoms with E-state index < -0.39 is 12.1 Å². The maximum atomic E-state index is 12.5. The van der Waals surface area contributed by atoms with Gasteiger partial charge >= 0.3 is 5.97 Å². The maximum absolute atomic E-state index is 12.5. The van der Waals surface area contributed by atoms with Gasteiger partial charge in [0.25, 0.3) is 0 Å². The van der Waals surface area contributed by atoms with Crippen LogP contribution in [-0.4, -0.2) is 47.4 Å². The van der Waals surface area contributed by atoms with Crippen LogP contribution in [0.5, 0.6) is 0 Å². The first-order valence-corrected chi connectivity index (χ1v) is 33.9. The molecule has 0 spiro atoms. The molecule has 0 heterocycles. The van der Waals surface area contributed by atoms with Gasteiger partial charge in [-0.15, -0.1) is 0 Å². The van der Waals surface area contributed by atoms with Gasteiger partial charge in [-0.25, -0.2) is 0 Å². The number of aliphatic hydroxyl groups is 2. The first-order valence-electron chi connectivity index (χ1n) is 33.9. The Kier molecular flexibility index (Phi) is 62.9. The Hall–Kier alpha value is -1.40. The highest BCUT2D eigenvalue weighted by Gasteiger charge is 2.20. The quantitative estimate of drug-likeness (QED) is 0.0320. The van der Waals surface area contributed by atoms with Crippen molar-refractivity contribution in [3.8, 4) is 0 Å². The zero-order valence-corrected chi connectivity index (χ0v) is 50.4. The van der Waals surface area contributed by atoms with Crippen LogP contribution in [0.25, 0.3) is 0 Å². The Morgan fingerprint density at radius 2 is 0.649 bits per heavy atom. The topological polar surface area (TPSA) is 95.9 Å². The van der Waals surface area contributed by atoms with Gasteiger partial charge in [0.2, 0.25) is 5.91 Å². The molecule has 6 nitrogen and oxygen atoms in total. The van der Waals surface area contributed by atoms with E-state index in [1.54, 1.807) is 0 Å². The molecule has 440 valence electrons. The molecule has 1 amide bonds. The molecule has 2 atom stereocenters. The molecule has 6 heteroatoms. The van der Waals surface area contributed by atoms with Gasteiger partial charge in [-0.2, -0.15) is 0 Å². The van der Waals surface area contributed by atoms with Crippen molar-refractivity contribution in [2.45, 2.75) is 398 Å². The molecule has 0 aromatic heterocycles. The smallest absolute Gasteiger partial charge is 0.305 e. The van der Waals surface area contributed by atoms with Gasteiger partial charge in [-0.3, -0.25) is 9.59 Å². The fourth-order valence-corrected chi connectivity index (χ4v) is 10.9. The fourth-order valence-electron chi connectivity index (χ4n) is 10.9. The van der Waals surface area contributed by atoms with Crippen LogP contribution in [0.3, 0.4) is 0 Å². The molecule has 0 fully saturated rings. The molecular formula is C68H133NO5. The van der Waals surface area contributed by atoms with Crippen molar-refractivity contribution in [3.63, 3.8) is 0 Å². The Morgan fingerprint density at radius 3 is 1.00 bits per heavy atom. The van der Waals surface area contributed by atoms with Crippen LogP contribution in [-0.2, 0) is 14.3 Å². The summed E-state index contributed by atoms with van der Waals surface area (Å²) in [5.74, 6) is -0.0167. The molecule has 0 saturated carbocycles. The van der Waals surface area contributed by atoms with Crippen LogP contribution in [0, 0.1) is 0 Å². The van der Waals surface area contributed by atoms with E-state index in [1.807, 2.05) is 0 Å². The van der Waals surface area contributed by atoms with Crippen LogP contribution >= 0.6 is 0 Å². The van der Waals surface area contributed by atoms with Gasteiger partial charge in [-0.1, -0.05) is 341 Å². The molecule has 0 aliphatic carbocycles. The summed E-state index contributed by atoms with van der Waals surface area (Å²) in [6.07, 6.45) is 78.5. The number of carbonyl (C=O) groups excluding carboxylic acids is 2. The van der Waals surface area contributed by atoms with Crippen LogP contribution in [0.1, 0.15) is 386 Å². The number of aliphatic hydroxyl groups excluding tert-OH is 2. The highest BCUT2D eigenvalue weighted by Crippen LogP contribution is 2.19. The highest BCUT2D eigenvalue weighted by molar-refractivity contribution is 5.76. The number of allylic oxidation sites excluding steroid dienone is 2. The lowest BCUT2D eigenvalue weighted by Crippen LogP contribution is -2.45. The van der Waals surface area contributed by atoms with Gasteiger partial charge < -0.3 is 20.3 Å². The van der Waals surface area contributed by atoms with Crippen molar-refractivity contribution in [1.82, 2.24) is 5.32 Å². The summed E-state index contributed by atoms with van der Waals surface area (Å²) in [5.41, 5.74) is 0. The van der Waals surface area contributed by atoms with Crippen LogP contribution < -0.4 is 5.32 Å². The first-order chi connectivity index (χ1) is 36.5. The Labute approximate surface area is 463 Å². The van der Waals surface area contributed by atoms with E-state index >= 15 is 0 Å². The van der Waals surface area contributed by atoms with Crippen molar-refractivity contribution in [2.24, 2.45) is 0 Å². The molecule has 0 saturated heterocycles. The van der Waals surface area contributed by atoms with E-state index in [0.29, 0.717) is 25.9 Å². The molecule has 0 aliphatic rings. The van der Waals surface area contributed by atoms with Crippen LogP contribution in [0.4, 0.5) is 0 Å². The summed E-state index contributed by atoms with van der Waals surface area (Å²) in [4.78, 5) is 24.5.